The average Bonchev–Trinajstić information content (AvgIpc) is 2.74. The maximum Gasteiger partial charge on any atom is 0.191 e. The van der Waals surface area contributed by atoms with Crippen LogP contribution in [0.2, 0.25) is 5.02 Å². The van der Waals surface area contributed by atoms with Gasteiger partial charge in [-0.2, -0.15) is 0 Å². The maximum atomic E-state index is 14.5. The normalized spacial score (nSPS) is 11.2. The second-order valence-electron chi connectivity index (χ2n) is 4.74. The molecule has 0 unspecified atom stereocenters. The van der Waals surface area contributed by atoms with Gasteiger partial charge in [0.1, 0.15) is 5.82 Å². The first-order valence-corrected chi connectivity index (χ1v) is 7.54. The molecule has 0 bridgehead atoms. The molecule has 0 saturated heterocycles. The monoisotopic (exact) mass is 342 g/mol. The van der Waals surface area contributed by atoms with Gasteiger partial charge in [-0.15, -0.1) is 11.3 Å². The zero-order chi connectivity index (χ0) is 16.0. The number of halogens is 4. The molecule has 1 nitrogen and oxygen atoms in total. The Kier molecular flexibility index (Phi) is 3.78. The molecule has 2 aromatic carbocycles. The molecule has 0 saturated carbocycles. The Morgan fingerprint density at radius 1 is 1.05 bits per heavy atom. The number of rotatable bonds is 2. The van der Waals surface area contributed by atoms with Gasteiger partial charge in [-0.1, -0.05) is 17.7 Å². The number of benzene rings is 2. The van der Waals surface area contributed by atoms with Crippen LogP contribution in [0.25, 0.3) is 21.2 Å². The van der Waals surface area contributed by atoms with Gasteiger partial charge in [-0.3, -0.25) is 0 Å². The molecule has 22 heavy (non-hydrogen) atoms. The molecular formula is C16H10ClF3OS. The first kappa shape index (κ1) is 15.2. The van der Waals surface area contributed by atoms with Gasteiger partial charge in [0.15, 0.2) is 17.4 Å². The molecule has 1 aromatic heterocycles. The van der Waals surface area contributed by atoms with Crippen molar-refractivity contribution in [3.8, 4) is 16.9 Å². The van der Waals surface area contributed by atoms with E-state index in [1.54, 1.807) is 25.1 Å². The van der Waals surface area contributed by atoms with Crippen LogP contribution in [-0.2, 0) is 0 Å². The number of aryl methyl sites for hydroxylation is 1. The van der Waals surface area contributed by atoms with E-state index in [9.17, 15) is 13.2 Å². The van der Waals surface area contributed by atoms with Crippen LogP contribution in [0.1, 0.15) is 4.88 Å². The van der Waals surface area contributed by atoms with E-state index in [-0.39, 0.29) is 5.56 Å². The van der Waals surface area contributed by atoms with Crippen LogP contribution in [0.15, 0.2) is 24.3 Å². The third-order valence-corrected chi connectivity index (χ3v) is 4.71. The Morgan fingerprint density at radius 3 is 2.45 bits per heavy atom. The molecule has 3 rings (SSSR count). The van der Waals surface area contributed by atoms with E-state index in [0.717, 1.165) is 11.8 Å². The first-order chi connectivity index (χ1) is 10.4. The van der Waals surface area contributed by atoms with E-state index in [1.165, 1.54) is 11.3 Å². The third-order valence-electron chi connectivity index (χ3n) is 3.41. The van der Waals surface area contributed by atoms with Crippen LogP contribution in [0.3, 0.4) is 0 Å². The lowest BCUT2D eigenvalue weighted by atomic mass is 10.0. The number of hydrogen-bond acceptors (Lipinski definition) is 2. The molecule has 0 fully saturated rings. The SMILES string of the molecule is COc1c(F)cc(F)c(-c2c(C)sc3cc(Cl)ccc23)c1F. The summed E-state index contributed by atoms with van der Waals surface area (Å²) in [6.45, 7) is 1.75. The molecule has 114 valence electrons. The predicted molar refractivity (Wildman–Crippen MR) is 83.4 cm³/mol. The zero-order valence-corrected chi connectivity index (χ0v) is 13.2. The van der Waals surface area contributed by atoms with Crippen LogP contribution < -0.4 is 4.74 Å². The number of thiophene rings is 1. The summed E-state index contributed by atoms with van der Waals surface area (Å²) in [7, 11) is 1.14. The minimum absolute atomic E-state index is 0.288. The van der Waals surface area contributed by atoms with E-state index < -0.39 is 23.2 Å². The second kappa shape index (κ2) is 5.48. The fraction of sp³-hybridized carbons (Fsp3) is 0.125. The third kappa shape index (κ3) is 2.25. The minimum Gasteiger partial charge on any atom is -0.491 e. The number of fused-ring (bicyclic) bond motifs is 1. The van der Waals surface area contributed by atoms with E-state index in [4.69, 9.17) is 16.3 Å². The van der Waals surface area contributed by atoms with Gasteiger partial charge in [-0.25, -0.2) is 13.2 Å². The maximum absolute atomic E-state index is 14.5. The summed E-state index contributed by atoms with van der Waals surface area (Å²) in [5.41, 5.74) is 0.106. The highest BCUT2D eigenvalue weighted by Crippen LogP contribution is 2.43. The summed E-state index contributed by atoms with van der Waals surface area (Å²) in [4.78, 5) is 0.712. The largest absolute Gasteiger partial charge is 0.491 e. The summed E-state index contributed by atoms with van der Waals surface area (Å²) >= 11 is 7.32. The average molecular weight is 343 g/mol. The van der Waals surface area contributed by atoms with E-state index in [0.29, 0.717) is 26.9 Å². The Morgan fingerprint density at radius 2 is 1.77 bits per heavy atom. The molecule has 0 atom stereocenters. The fourth-order valence-electron chi connectivity index (χ4n) is 2.49. The molecule has 0 aliphatic carbocycles. The molecule has 0 radical (unpaired) electrons. The van der Waals surface area contributed by atoms with E-state index in [2.05, 4.69) is 0 Å². The summed E-state index contributed by atoms with van der Waals surface area (Å²) < 4.78 is 47.8. The molecule has 0 N–H and O–H groups in total. The Hall–Kier alpha value is -1.72. The standard InChI is InChI=1S/C16H10ClF3OS/c1-7-13(9-4-3-8(17)5-12(9)22-7)14-10(18)6-11(19)16(21-2)15(14)20/h3-6H,1-2H3. The van der Waals surface area contributed by atoms with Crippen molar-refractivity contribution in [2.24, 2.45) is 0 Å². The van der Waals surface area contributed by atoms with E-state index in [1.807, 2.05) is 0 Å². The number of ether oxygens (including phenoxy) is 1. The Balaban J connectivity index is 2.40. The van der Waals surface area contributed by atoms with Crippen LogP contribution in [-0.4, -0.2) is 7.11 Å². The van der Waals surface area contributed by atoms with Crippen molar-refractivity contribution in [2.45, 2.75) is 6.92 Å². The smallest absolute Gasteiger partial charge is 0.191 e. The summed E-state index contributed by atoms with van der Waals surface area (Å²) in [5, 5.41) is 1.20. The molecule has 1 heterocycles. The fourth-order valence-corrected chi connectivity index (χ4v) is 3.84. The van der Waals surface area contributed by atoms with Gasteiger partial charge < -0.3 is 4.74 Å². The molecule has 3 aromatic rings. The molecule has 0 spiro atoms. The van der Waals surface area contributed by atoms with Crippen molar-refractivity contribution in [1.82, 2.24) is 0 Å². The first-order valence-electron chi connectivity index (χ1n) is 6.34. The second-order valence-corrected chi connectivity index (χ2v) is 6.43. The van der Waals surface area contributed by atoms with Gasteiger partial charge in [0.05, 0.1) is 12.7 Å². The highest BCUT2D eigenvalue weighted by Gasteiger charge is 2.24. The highest BCUT2D eigenvalue weighted by atomic mass is 35.5. The number of methoxy groups -OCH3 is 1. The van der Waals surface area contributed by atoms with Crippen LogP contribution >= 0.6 is 22.9 Å². The molecule has 0 aliphatic heterocycles. The van der Waals surface area contributed by atoms with Crippen molar-refractivity contribution in [2.75, 3.05) is 7.11 Å². The minimum atomic E-state index is -1.07. The van der Waals surface area contributed by atoms with Gasteiger partial charge in [0.2, 0.25) is 0 Å². The van der Waals surface area contributed by atoms with Gasteiger partial charge >= 0.3 is 0 Å². The zero-order valence-electron chi connectivity index (χ0n) is 11.6. The lowest BCUT2D eigenvalue weighted by Gasteiger charge is -2.10. The van der Waals surface area contributed by atoms with Crippen LogP contribution in [0.5, 0.6) is 5.75 Å². The Bertz CT molecular complexity index is 889. The van der Waals surface area contributed by atoms with Crippen molar-refractivity contribution in [3.63, 3.8) is 0 Å². The highest BCUT2D eigenvalue weighted by molar-refractivity contribution is 7.19. The van der Waals surface area contributed by atoms with Crippen LogP contribution in [0, 0.1) is 24.4 Å². The quantitative estimate of drug-likeness (QED) is 0.558. The van der Waals surface area contributed by atoms with Crippen molar-refractivity contribution < 1.29 is 17.9 Å². The van der Waals surface area contributed by atoms with Gasteiger partial charge in [0, 0.05) is 31.6 Å². The molecule has 0 amide bonds. The van der Waals surface area contributed by atoms with Crippen LogP contribution in [0.4, 0.5) is 13.2 Å². The molecule has 6 heteroatoms. The Labute approximate surface area is 133 Å². The van der Waals surface area contributed by atoms with Crippen molar-refractivity contribution in [1.29, 1.82) is 0 Å². The molecule has 0 aliphatic rings. The lowest BCUT2D eigenvalue weighted by Crippen LogP contribution is -1.99. The summed E-state index contributed by atoms with van der Waals surface area (Å²) in [6.07, 6.45) is 0. The predicted octanol–water partition coefficient (Wildman–Crippen LogP) is 5.96. The van der Waals surface area contributed by atoms with Gasteiger partial charge in [-0.05, 0) is 19.1 Å². The summed E-state index contributed by atoms with van der Waals surface area (Å²) in [6, 6.07) is 5.71. The van der Waals surface area contributed by atoms with Crippen molar-refractivity contribution in [3.05, 3.63) is 51.6 Å². The topological polar surface area (TPSA) is 9.23 Å². The van der Waals surface area contributed by atoms with Crippen molar-refractivity contribution >= 4 is 33.0 Å². The summed E-state index contributed by atoms with van der Waals surface area (Å²) in [5.74, 6) is -3.67. The number of hydrogen-bond donors (Lipinski definition) is 0. The van der Waals surface area contributed by atoms with E-state index >= 15 is 0 Å². The van der Waals surface area contributed by atoms with Gasteiger partial charge in [0.25, 0.3) is 0 Å². The molecular weight excluding hydrogens is 333 g/mol. The lowest BCUT2D eigenvalue weighted by molar-refractivity contribution is 0.357.